The van der Waals surface area contributed by atoms with Crippen LogP contribution in [0.25, 0.3) is 22.3 Å². The Morgan fingerprint density at radius 2 is 0.985 bits per heavy atom. The molecule has 2 saturated carbocycles. The number of carbonyl (C=O) groups excluding carboxylic acids is 3. The number of nitrogens with one attached hydrogen (secondary N) is 4. The summed E-state index contributed by atoms with van der Waals surface area (Å²) >= 11 is 0. The lowest BCUT2D eigenvalue weighted by Gasteiger charge is -2.22. The summed E-state index contributed by atoms with van der Waals surface area (Å²) < 4.78 is 3.63. The summed E-state index contributed by atoms with van der Waals surface area (Å²) in [5.41, 5.74) is 4.06. The highest BCUT2D eigenvalue weighted by molar-refractivity contribution is 5.78. The van der Waals surface area contributed by atoms with Crippen molar-refractivity contribution in [2.24, 2.45) is 11.8 Å². The number of rotatable bonds is 18. The van der Waals surface area contributed by atoms with Gasteiger partial charge in [-0.1, -0.05) is 67.2 Å². The number of aliphatic hydroxyl groups is 4. The molecule has 4 aromatic rings. The Balaban J connectivity index is 0.951. The van der Waals surface area contributed by atoms with E-state index in [9.17, 15) is 34.8 Å². The number of aliphatic hydroxyl groups excluding tert-OH is 4. The van der Waals surface area contributed by atoms with Gasteiger partial charge in [0.1, 0.15) is 35.4 Å². The van der Waals surface area contributed by atoms with Gasteiger partial charge in [-0.2, -0.15) is 9.97 Å². The van der Waals surface area contributed by atoms with Crippen LogP contribution in [0.4, 0.5) is 16.7 Å². The number of hydrogen-bond donors (Lipinski definition) is 8. The molecule has 4 amide bonds. The minimum Gasteiger partial charge on any atom is -0.388 e. The van der Waals surface area contributed by atoms with E-state index in [0.29, 0.717) is 111 Å². The summed E-state index contributed by atoms with van der Waals surface area (Å²) in [6.07, 6.45) is 6.58. The van der Waals surface area contributed by atoms with Crippen molar-refractivity contribution < 1.29 is 34.8 Å². The van der Waals surface area contributed by atoms with Crippen molar-refractivity contribution in [1.82, 2.24) is 60.3 Å². The third kappa shape index (κ3) is 10.1. The Morgan fingerprint density at radius 1 is 0.588 bits per heavy atom. The summed E-state index contributed by atoms with van der Waals surface area (Å²) in [7, 11) is 0. The van der Waals surface area contributed by atoms with Crippen LogP contribution in [0.3, 0.4) is 0 Å². The highest BCUT2D eigenvalue weighted by Crippen LogP contribution is 2.37. The van der Waals surface area contributed by atoms with Crippen LogP contribution in [0, 0.1) is 11.8 Å². The first kappa shape index (κ1) is 49.2. The number of hydrogen-bond acceptors (Lipinski definition) is 15. The molecule has 8 rings (SSSR count). The van der Waals surface area contributed by atoms with E-state index in [4.69, 9.17) is 29.9 Å². The van der Waals surface area contributed by atoms with Crippen LogP contribution >= 0.6 is 0 Å². The molecular weight excluding hydrogens is 873 g/mol. The smallest absolute Gasteiger partial charge is 0.315 e. The largest absolute Gasteiger partial charge is 0.388 e. The fourth-order valence-corrected chi connectivity index (χ4v) is 10.7. The van der Waals surface area contributed by atoms with Crippen LogP contribution < -0.4 is 31.1 Å². The standard InChI is InChI=1S/C47H72N14O7/c1-7-25(8-2)17-29-37-43(60(23-48-37)33-19-31(39(64)41(33)66)52-35(62)11-5)56-45(54-29)58-15-13-27(21-58)50-47(68)51-28-14-16-59(22-28)46-55-30(18-26(9-3)10-4)38-44(57-46)61(24-49-38)34-20-32(40(65)42(34)67)53-36(63)12-6/h23-28,31-34,39-42,64-67H,7-22H2,1-6H3,(H,52,62)(H,53,63)(H2,50,51,68)/t27-,28-,31+,32+,33-,34-,39-,40-,41+,42+/m1/s1. The summed E-state index contributed by atoms with van der Waals surface area (Å²) in [5.74, 6) is 1.41. The molecule has 8 N–H and O–H groups in total. The minimum atomic E-state index is -1.14. The van der Waals surface area contributed by atoms with Gasteiger partial charge in [-0.25, -0.2) is 24.7 Å². The van der Waals surface area contributed by atoms with Gasteiger partial charge in [-0.05, 0) is 50.4 Å². The number of aromatic nitrogens is 8. The lowest BCUT2D eigenvalue weighted by Crippen LogP contribution is -2.48. The molecule has 2 aliphatic heterocycles. The Hall–Kier alpha value is -5.25. The second-order valence-corrected chi connectivity index (χ2v) is 19.5. The number of amides is 4. The maximum Gasteiger partial charge on any atom is 0.315 e. The second kappa shape index (κ2) is 21.2. The molecule has 0 spiro atoms. The van der Waals surface area contributed by atoms with E-state index in [-0.39, 0.29) is 42.8 Å². The zero-order valence-electron chi connectivity index (χ0n) is 40.4. The molecule has 4 fully saturated rings. The predicted octanol–water partition coefficient (Wildman–Crippen LogP) is 2.20. The summed E-state index contributed by atoms with van der Waals surface area (Å²) in [4.78, 5) is 71.9. The van der Waals surface area contributed by atoms with E-state index >= 15 is 0 Å². The maximum absolute atomic E-state index is 13.6. The summed E-state index contributed by atoms with van der Waals surface area (Å²) in [6, 6.07) is -2.95. The molecule has 0 radical (unpaired) electrons. The predicted molar refractivity (Wildman–Crippen MR) is 255 cm³/mol. The minimum absolute atomic E-state index is 0.174. The highest BCUT2D eigenvalue weighted by Gasteiger charge is 2.45. The average molecular weight is 945 g/mol. The van der Waals surface area contributed by atoms with Gasteiger partial charge >= 0.3 is 6.03 Å². The lowest BCUT2D eigenvalue weighted by atomic mass is 9.97. The fraction of sp³-hybridized carbons (Fsp3) is 0.723. The van der Waals surface area contributed by atoms with E-state index in [1.165, 1.54) is 0 Å². The number of imidazole rings is 2. The van der Waals surface area contributed by atoms with Crippen LogP contribution in [-0.4, -0.2) is 152 Å². The first-order chi connectivity index (χ1) is 32.8. The number of nitrogens with zero attached hydrogens (tertiary/aromatic N) is 10. The van der Waals surface area contributed by atoms with Crippen molar-refractivity contribution >= 4 is 52.1 Å². The van der Waals surface area contributed by atoms with Gasteiger partial charge in [0.2, 0.25) is 23.7 Å². The van der Waals surface area contributed by atoms with Crippen LogP contribution in [0.15, 0.2) is 12.7 Å². The van der Waals surface area contributed by atoms with E-state index in [1.54, 1.807) is 26.5 Å². The molecular formula is C47H72N14O7. The zero-order valence-corrected chi connectivity index (χ0v) is 40.4. The molecule has 0 unspecified atom stereocenters. The van der Waals surface area contributed by atoms with Gasteiger partial charge in [-0.3, -0.25) is 9.59 Å². The van der Waals surface area contributed by atoms with Gasteiger partial charge in [-0.15, -0.1) is 0 Å². The van der Waals surface area contributed by atoms with Crippen molar-refractivity contribution in [1.29, 1.82) is 0 Å². The lowest BCUT2D eigenvalue weighted by molar-refractivity contribution is -0.123. The number of urea groups is 1. The van der Waals surface area contributed by atoms with E-state index in [2.05, 4.69) is 58.8 Å². The molecule has 4 aromatic heterocycles. The van der Waals surface area contributed by atoms with Crippen molar-refractivity contribution in [3.63, 3.8) is 0 Å². The average Bonchev–Trinajstić information content (AvgIpc) is 4.22. The van der Waals surface area contributed by atoms with E-state index in [1.807, 2.05) is 9.13 Å². The molecule has 21 nitrogen and oxygen atoms in total. The van der Waals surface area contributed by atoms with Crippen LogP contribution in [0.1, 0.15) is 129 Å². The van der Waals surface area contributed by atoms with Gasteiger partial charge in [0, 0.05) is 51.1 Å². The first-order valence-electron chi connectivity index (χ1n) is 25.1. The Labute approximate surface area is 397 Å². The highest BCUT2D eigenvalue weighted by atomic mass is 16.3. The summed E-state index contributed by atoms with van der Waals surface area (Å²) in [5, 5.41) is 56.3. The molecule has 0 aromatic carbocycles. The van der Waals surface area contributed by atoms with Crippen LogP contribution in [-0.2, 0) is 22.4 Å². The molecule has 68 heavy (non-hydrogen) atoms. The van der Waals surface area contributed by atoms with Gasteiger partial charge < -0.3 is 60.6 Å². The van der Waals surface area contributed by atoms with Crippen molar-refractivity contribution in [2.45, 2.75) is 179 Å². The molecule has 372 valence electrons. The van der Waals surface area contributed by atoms with E-state index in [0.717, 1.165) is 37.1 Å². The molecule has 0 bridgehead atoms. The Morgan fingerprint density at radius 3 is 1.35 bits per heavy atom. The van der Waals surface area contributed by atoms with Gasteiger partial charge in [0.05, 0.1) is 48.2 Å². The van der Waals surface area contributed by atoms with Crippen LogP contribution in [0.2, 0.25) is 0 Å². The fourth-order valence-electron chi connectivity index (χ4n) is 10.7. The first-order valence-corrected chi connectivity index (χ1v) is 25.1. The van der Waals surface area contributed by atoms with Crippen molar-refractivity contribution in [3.05, 3.63) is 24.0 Å². The molecule has 2 saturated heterocycles. The van der Waals surface area contributed by atoms with Crippen molar-refractivity contribution in [2.75, 3.05) is 36.0 Å². The number of fused-ring (bicyclic) bond motifs is 2. The third-order valence-corrected chi connectivity index (χ3v) is 15.2. The summed E-state index contributed by atoms with van der Waals surface area (Å²) in [6.45, 7) is 14.4. The molecule has 6 heterocycles. The maximum atomic E-state index is 13.6. The number of carbonyl (C=O) groups is 3. The molecule has 2 aliphatic carbocycles. The van der Waals surface area contributed by atoms with E-state index < -0.39 is 48.6 Å². The Bertz CT molecular complexity index is 2240. The normalized spacial score (nSPS) is 27.4. The van der Waals surface area contributed by atoms with Gasteiger partial charge in [0.25, 0.3) is 0 Å². The second-order valence-electron chi connectivity index (χ2n) is 19.5. The SMILES string of the molecule is CCC(=O)N[C@H]1C[C@@H](n2cnc3c(CC(CC)CC)nc(N4CC[C@@H](NC(=O)N[C@@H]5CCN(c6nc(CC(CC)CC)c7ncn([C@@H]8C[C@H](NC(=O)CC)[C@@H](O)[C@H]8O)c7n6)C5)C4)nc32)[C@H](O)[C@@H]1O. The van der Waals surface area contributed by atoms with Crippen LogP contribution in [0.5, 0.6) is 0 Å². The number of anilines is 2. The topological polar surface area (TPSA) is 274 Å². The monoisotopic (exact) mass is 945 g/mol. The quantitative estimate of drug-likeness (QED) is 0.0711. The Kier molecular flexibility index (Phi) is 15.3. The molecule has 4 aliphatic rings. The van der Waals surface area contributed by atoms with Gasteiger partial charge in [0.15, 0.2) is 11.3 Å². The zero-order chi connectivity index (χ0) is 48.4. The van der Waals surface area contributed by atoms with Crippen molar-refractivity contribution in [3.8, 4) is 0 Å². The third-order valence-electron chi connectivity index (χ3n) is 15.2. The molecule has 21 heteroatoms. The molecule has 10 atom stereocenters.